The van der Waals surface area contributed by atoms with E-state index in [9.17, 15) is 4.79 Å². The van der Waals surface area contributed by atoms with Crippen molar-refractivity contribution in [1.29, 1.82) is 0 Å². The van der Waals surface area contributed by atoms with Gasteiger partial charge in [-0.15, -0.1) is 15.3 Å². The molecule has 8 heteroatoms. The first-order valence-corrected chi connectivity index (χ1v) is 9.94. The Kier molecular flexibility index (Phi) is 5.43. The van der Waals surface area contributed by atoms with Gasteiger partial charge in [0.05, 0.1) is 0 Å². The van der Waals surface area contributed by atoms with Crippen LogP contribution in [0.25, 0.3) is 5.65 Å². The summed E-state index contributed by atoms with van der Waals surface area (Å²) in [5.41, 5.74) is 1.78. The molecule has 0 radical (unpaired) electrons. The van der Waals surface area contributed by atoms with E-state index in [4.69, 9.17) is 11.6 Å². The van der Waals surface area contributed by atoms with Crippen LogP contribution in [0.1, 0.15) is 25.3 Å². The summed E-state index contributed by atoms with van der Waals surface area (Å²) in [6.07, 6.45) is 3.95. The Morgan fingerprint density at radius 2 is 2.04 bits per heavy atom. The molecule has 0 unspecified atom stereocenters. The fraction of sp³-hybridized carbons (Fsp3) is 0.400. The molecular formula is C20H23ClN6O. The third-order valence-electron chi connectivity index (χ3n) is 5.21. The number of halogens is 1. The third-order valence-corrected chi connectivity index (χ3v) is 5.58. The standard InChI is InChI=1S/C20H23ClN6O/c1-14(12-16-4-2-3-5-17(16)21)23-20(28)15-8-10-26(11-9-15)19-7-6-18-24-22-13-27(18)25-19/h2-7,13-15H,8-12H2,1H3,(H,23,28)/t14-/m0/s1. The molecule has 2 aromatic heterocycles. The van der Waals surface area contributed by atoms with Gasteiger partial charge in [-0.2, -0.15) is 4.52 Å². The molecule has 0 saturated carbocycles. The Morgan fingerprint density at radius 3 is 2.82 bits per heavy atom. The minimum atomic E-state index is 0.0311. The Bertz CT molecular complexity index is 966. The molecule has 3 aromatic rings. The van der Waals surface area contributed by atoms with E-state index in [2.05, 4.69) is 25.5 Å². The molecule has 28 heavy (non-hydrogen) atoms. The number of amides is 1. The van der Waals surface area contributed by atoms with E-state index in [0.29, 0.717) is 0 Å². The molecule has 1 atom stereocenters. The maximum Gasteiger partial charge on any atom is 0.223 e. The van der Waals surface area contributed by atoms with Gasteiger partial charge < -0.3 is 10.2 Å². The first-order valence-electron chi connectivity index (χ1n) is 9.56. The van der Waals surface area contributed by atoms with E-state index in [-0.39, 0.29) is 17.9 Å². The van der Waals surface area contributed by atoms with E-state index >= 15 is 0 Å². The van der Waals surface area contributed by atoms with Gasteiger partial charge in [-0.3, -0.25) is 4.79 Å². The topological polar surface area (TPSA) is 75.4 Å². The average molecular weight is 399 g/mol. The number of piperidine rings is 1. The first kappa shape index (κ1) is 18.7. The van der Waals surface area contributed by atoms with Crippen LogP contribution in [-0.2, 0) is 11.2 Å². The predicted octanol–water partition coefficient (Wildman–Crippen LogP) is 2.74. The Balaban J connectivity index is 1.30. The fourth-order valence-electron chi connectivity index (χ4n) is 3.66. The number of rotatable bonds is 5. The van der Waals surface area contributed by atoms with E-state index in [1.807, 2.05) is 43.3 Å². The highest BCUT2D eigenvalue weighted by molar-refractivity contribution is 6.31. The van der Waals surface area contributed by atoms with Crippen molar-refractivity contribution in [1.82, 2.24) is 25.1 Å². The molecular weight excluding hydrogens is 376 g/mol. The number of carbonyl (C=O) groups excluding carboxylic acids is 1. The Morgan fingerprint density at radius 1 is 1.25 bits per heavy atom. The Labute approximate surface area is 168 Å². The van der Waals surface area contributed by atoms with Gasteiger partial charge >= 0.3 is 0 Å². The van der Waals surface area contributed by atoms with Gasteiger partial charge in [0.1, 0.15) is 12.1 Å². The lowest BCUT2D eigenvalue weighted by atomic mass is 9.95. The number of carbonyl (C=O) groups is 1. The predicted molar refractivity (Wildman–Crippen MR) is 108 cm³/mol. The molecule has 1 aliphatic heterocycles. The maximum absolute atomic E-state index is 12.7. The van der Waals surface area contributed by atoms with Crippen molar-refractivity contribution in [3.63, 3.8) is 0 Å². The van der Waals surface area contributed by atoms with Crippen LogP contribution in [0.2, 0.25) is 5.02 Å². The summed E-state index contributed by atoms with van der Waals surface area (Å²) >= 11 is 6.22. The van der Waals surface area contributed by atoms with E-state index in [0.717, 1.165) is 54.4 Å². The molecule has 146 valence electrons. The zero-order valence-electron chi connectivity index (χ0n) is 15.8. The van der Waals surface area contributed by atoms with Crippen LogP contribution >= 0.6 is 11.6 Å². The van der Waals surface area contributed by atoms with E-state index in [1.54, 1.807) is 10.8 Å². The highest BCUT2D eigenvalue weighted by Crippen LogP contribution is 2.23. The monoisotopic (exact) mass is 398 g/mol. The highest BCUT2D eigenvalue weighted by Gasteiger charge is 2.26. The number of aromatic nitrogens is 4. The van der Waals surface area contributed by atoms with Crippen molar-refractivity contribution in [3.05, 3.63) is 53.3 Å². The molecule has 1 fully saturated rings. The molecule has 1 aromatic carbocycles. The third kappa shape index (κ3) is 4.09. The minimum Gasteiger partial charge on any atom is -0.355 e. The van der Waals surface area contributed by atoms with Crippen LogP contribution in [0, 0.1) is 5.92 Å². The molecule has 3 heterocycles. The molecule has 1 aliphatic rings. The maximum atomic E-state index is 12.7. The number of hydrogen-bond acceptors (Lipinski definition) is 5. The van der Waals surface area contributed by atoms with Crippen LogP contribution in [0.15, 0.2) is 42.7 Å². The fourth-order valence-corrected chi connectivity index (χ4v) is 3.88. The summed E-state index contributed by atoms with van der Waals surface area (Å²) in [6, 6.07) is 11.7. The molecule has 0 bridgehead atoms. The zero-order chi connectivity index (χ0) is 19.5. The number of anilines is 1. The lowest BCUT2D eigenvalue weighted by Crippen LogP contribution is -2.44. The SMILES string of the molecule is C[C@@H](Cc1ccccc1Cl)NC(=O)C1CCN(c2ccc3nncn3n2)CC1. The van der Waals surface area contributed by atoms with Gasteiger partial charge in [0, 0.05) is 30.1 Å². The molecule has 1 saturated heterocycles. The zero-order valence-corrected chi connectivity index (χ0v) is 16.5. The van der Waals surface area contributed by atoms with Gasteiger partial charge in [0.2, 0.25) is 5.91 Å². The van der Waals surface area contributed by atoms with Gasteiger partial charge in [-0.25, -0.2) is 0 Å². The average Bonchev–Trinajstić information content (AvgIpc) is 3.17. The van der Waals surface area contributed by atoms with Gasteiger partial charge in [-0.05, 0) is 49.9 Å². The quantitative estimate of drug-likeness (QED) is 0.715. The number of hydrogen-bond donors (Lipinski definition) is 1. The molecule has 0 spiro atoms. The second-order valence-electron chi connectivity index (χ2n) is 7.29. The number of benzene rings is 1. The second kappa shape index (κ2) is 8.14. The second-order valence-corrected chi connectivity index (χ2v) is 7.70. The van der Waals surface area contributed by atoms with Crippen molar-refractivity contribution in [2.24, 2.45) is 5.92 Å². The van der Waals surface area contributed by atoms with Gasteiger partial charge in [-0.1, -0.05) is 29.8 Å². The minimum absolute atomic E-state index is 0.0311. The normalized spacial score (nSPS) is 16.3. The summed E-state index contributed by atoms with van der Waals surface area (Å²) in [4.78, 5) is 14.9. The lowest BCUT2D eigenvalue weighted by Gasteiger charge is -2.32. The van der Waals surface area contributed by atoms with Crippen LogP contribution in [-0.4, -0.2) is 44.8 Å². The van der Waals surface area contributed by atoms with Crippen LogP contribution in [0.4, 0.5) is 5.82 Å². The van der Waals surface area contributed by atoms with Crippen LogP contribution in [0.5, 0.6) is 0 Å². The van der Waals surface area contributed by atoms with Crippen molar-refractivity contribution in [2.75, 3.05) is 18.0 Å². The van der Waals surface area contributed by atoms with Crippen molar-refractivity contribution < 1.29 is 4.79 Å². The molecule has 0 aliphatic carbocycles. The molecule has 7 nitrogen and oxygen atoms in total. The summed E-state index contributed by atoms with van der Waals surface area (Å²) in [5.74, 6) is 1.04. The van der Waals surface area contributed by atoms with Gasteiger partial charge in [0.25, 0.3) is 0 Å². The highest BCUT2D eigenvalue weighted by atomic mass is 35.5. The molecule has 1 N–H and O–H groups in total. The Hall–Kier alpha value is -2.67. The van der Waals surface area contributed by atoms with Crippen molar-refractivity contribution in [2.45, 2.75) is 32.2 Å². The van der Waals surface area contributed by atoms with Gasteiger partial charge in [0.15, 0.2) is 5.65 Å². The summed E-state index contributed by atoms with van der Waals surface area (Å²) < 4.78 is 1.67. The van der Waals surface area contributed by atoms with Crippen molar-refractivity contribution in [3.8, 4) is 0 Å². The van der Waals surface area contributed by atoms with E-state index in [1.165, 1.54) is 0 Å². The first-order chi connectivity index (χ1) is 13.6. The molecule has 4 rings (SSSR count). The van der Waals surface area contributed by atoms with E-state index < -0.39 is 0 Å². The largest absolute Gasteiger partial charge is 0.355 e. The lowest BCUT2D eigenvalue weighted by molar-refractivity contribution is -0.126. The summed E-state index contributed by atoms with van der Waals surface area (Å²) in [6.45, 7) is 3.63. The molecule has 1 amide bonds. The number of fused-ring (bicyclic) bond motifs is 1. The van der Waals surface area contributed by atoms with Crippen LogP contribution in [0.3, 0.4) is 0 Å². The van der Waals surface area contributed by atoms with Crippen molar-refractivity contribution >= 4 is 29.0 Å². The number of nitrogens with one attached hydrogen (secondary N) is 1. The summed E-state index contributed by atoms with van der Waals surface area (Å²) in [5, 5.41) is 16.3. The number of nitrogens with zero attached hydrogens (tertiary/aromatic N) is 5. The van der Waals surface area contributed by atoms with Crippen LogP contribution < -0.4 is 10.2 Å². The smallest absolute Gasteiger partial charge is 0.223 e. The summed E-state index contributed by atoms with van der Waals surface area (Å²) in [7, 11) is 0.